The molecular formula is C20H21ClN2O3. The van der Waals surface area contributed by atoms with Crippen LogP contribution >= 0.6 is 12.4 Å². The van der Waals surface area contributed by atoms with Gasteiger partial charge in [-0.2, -0.15) is 0 Å². The predicted octanol–water partition coefficient (Wildman–Crippen LogP) is 4.47. The van der Waals surface area contributed by atoms with E-state index in [0.29, 0.717) is 23.3 Å². The van der Waals surface area contributed by atoms with E-state index in [4.69, 9.17) is 14.9 Å². The second-order valence-corrected chi connectivity index (χ2v) is 7.03. The summed E-state index contributed by atoms with van der Waals surface area (Å²) < 4.78 is 11.5. The number of ether oxygens (including phenoxy) is 1. The van der Waals surface area contributed by atoms with Gasteiger partial charge in [0, 0.05) is 23.1 Å². The third-order valence-corrected chi connectivity index (χ3v) is 4.52. The summed E-state index contributed by atoms with van der Waals surface area (Å²) in [6, 6.07) is 12.9. The number of nitrogens with two attached hydrogens (primary N) is 1. The van der Waals surface area contributed by atoms with Crippen molar-refractivity contribution in [2.45, 2.75) is 31.9 Å². The van der Waals surface area contributed by atoms with Crippen LogP contribution in [0.4, 0.5) is 5.69 Å². The van der Waals surface area contributed by atoms with Gasteiger partial charge in [0.25, 0.3) is 5.91 Å². The van der Waals surface area contributed by atoms with Crippen molar-refractivity contribution < 1.29 is 13.9 Å². The molecule has 136 valence electrons. The molecular weight excluding hydrogens is 352 g/mol. The summed E-state index contributed by atoms with van der Waals surface area (Å²) in [5.74, 6) is 0.592. The Balaban J connectivity index is 0.00000196. The number of benzene rings is 2. The molecule has 0 saturated carbocycles. The van der Waals surface area contributed by atoms with Gasteiger partial charge in [0.2, 0.25) is 0 Å². The highest BCUT2D eigenvalue weighted by Crippen LogP contribution is 2.40. The number of nitrogen functional groups attached to an aromatic ring is 1. The molecule has 0 radical (unpaired) electrons. The van der Waals surface area contributed by atoms with Crippen LogP contribution in [0.5, 0.6) is 5.75 Å². The molecule has 4 rings (SSSR count). The van der Waals surface area contributed by atoms with E-state index in [9.17, 15) is 4.79 Å². The van der Waals surface area contributed by atoms with Crippen molar-refractivity contribution in [3.63, 3.8) is 0 Å². The second kappa shape index (κ2) is 6.57. The Hall–Kier alpha value is -2.66. The van der Waals surface area contributed by atoms with E-state index in [2.05, 4.69) is 5.32 Å². The fourth-order valence-electron chi connectivity index (χ4n) is 3.39. The minimum absolute atomic E-state index is 0. The van der Waals surface area contributed by atoms with Crippen molar-refractivity contribution >= 4 is 35.0 Å². The minimum atomic E-state index is -0.375. The van der Waals surface area contributed by atoms with Gasteiger partial charge in [0.1, 0.15) is 23.2 Å². The van der Waals surface area contributed by atoms with E-state index in [0.717, 1.165) is 16.7 Å². The third-order valence-electron chi connectivity index (χ3n) is 4.52. The average Bonchev–Trinajstić information content (AvgIpc) is 2.99. The Morgan fingerprint density at radius 1 is 1.23 bits per heavy atom. The van der Waals surface area contributed by atoms with Crippen LogP contribution in [0.3, 0.4) is 0 Å². The Bertz CT molecular complexity index is 965. The Morgan fingerprint density at radius 3 is 2.81 bits per heavy atom. The molecule has 3 aromatic rings. The zero-order valence-corrected chi connectivity index (χ0v) is 15.4. The molecule has 3 N–H and O–H groups in total. The quantitative estimate of drug-likeness (QED) is 0.650. The second-order valence-electron chi connectivity index (χ2n) is 7.03. The van der Waals surface area contributed by atoms with Gasteiger partial charge in [-0.3, -0.25) is 4.79 Å². The van der Waals surface area contributed by atoms with Crippen LogP contribution in [0.25, 0.3) is 11.0 Å². The Kier molecular flexibility index (Phi) is 4.59. The molecule has 0 bridgehead atoms. The maximum atomic E-state index is 12.9. The number of anilines is 1. The van der Waals surface area contributed by atoms with Crippen LogP contribution in [0, 0.1) is 0 Å². The molecule has 0 spiro atoms. The van der Waals surface area contributed by atoms with Gasteiger partial charge in [-0.25, -0.2) is 0 Å². The number of rotatable bonds is 2. The number of hydrogen-bond acceptors (Lipinski definition) is 4. The third kappa shape index (κ3) is 3.22. The lowest BCUT2D eigenvalue weighted by Crippen LogP contribution is -2.41. The maximum absolute atomic E-state index is 12.9. The summed E-state index contributed by atoms with van der Waals surface area (Å²) in [7, 11) is 0. The summed E-state index contributed by atoms with van der Waals surface area (Å²) >= 11 is 0. The number of fused-ring (bicyclic) bond motifs is 2. The Labute approximate surface area is 157 Å². The number of amides is 1. The highest BCUT2D eigenvalue weighted by molar-refractivity contribution is 6.06. The molecule has 5 nitrogen and oxygen atoms in total. The molecule has 2 aromatic carbocycles. The van der Waals surface area contributed by atoms with Crippen molar-refractivity contribution in [2.24, 2.45) is 0 Å². The lowest BCUT2D eigenvalue weighted by Gasteiger charge is -2.38. The molecule has 0 saturated heterocycles. The predicted molar refractivity (Wildman–Crippen MR) is 104 cm³/mol. The number of carbonyl (C=O) groups is 1. The van der Waals surface area contributed by atoms with Crippen LogP contribution in [0.15, 0.2) is 53.1 Å². The molecule has 0 fully saturated rings. The number of hydrogen-bond donors (Lipinski definition) is 2. The van der Waals surface area contributed by atoms with Crippen molar-refractivity contribution in [2.75, 3.05) is 5.73 Å². The van der Waals surface area contributed by atoms with Gasteiger partial charge < -0.3 is 20.2 Å². The van der Waals surface area contributed by atoms with Gasteiger partial charge in [-0.05, 0) is 38.1 Å². The zero-order valence-electron chi connectivity index (χ0n) is 14.6. The molecule has 6 heteroatoms. The van der Waals surface area contributed by atoms with Crippen LogP contribution < -0.4 is 15.8 Å². The fraction of sp³-hybridized carbons (Fsp3) is 0.250. The van der Waals surface area contributed by atoms with Gasteiger partial charge >= 0.3 is 0 Å². The number of furan rings is 1. The van der Waals surface area contributed by atoms with Crippen molar-refractivity contribution in [3.8, 4) is 5.75 Å². The van der Waals surface area contributed by atoms with E-state index < -0.39 is 0 Å². The summed E-state index contributed by atoms with van der Waals surface area (Å²) in [5, 5.41) is 3.92. The largest absolute Gasteiger partial charge is 0.487 e. The van der Waals surface area contributed by atoms with Crippen LogP contribution in [0.2, 0.25) is 0 Å². The van der Waals surface area contributed by atoms with Crippen LogP contribution in [-0.2, 0) is 0 Å². The summed E-state index contributed by atoms with van der Waals surface area (Å²) in [5.41, 5.74) is 8.34. The number of halogens is 1. The first-order valence-electron chi connectivity index (χ1n) is 8.28. The highest BCUT2D eigenvalue weighted by Gasteiger charge is 2.35. The molecule has 1 aromatic heterocycles. The highest BCUT2D eigenvalue weighted by atomic mass is 35.5. The normalized spacial score (nSPS) is 17.7. The van der Waals surface area contributed by atoms with E-state index in [1.807, 2.05) is 56.3 Å². The molecule has 1 aliphatic rings. The first-order valence-corrected chi connectivity index (χ1v) is 8.28. The SMILES string of the molecule is CC1(C)CC(NC(=O)c2coc3ccccc23)c2cc(N)ccc2O1.Cl. The van der Waals surface area contributed by atoms with Crippen LogP contribution in [0.1, 0.15) is 42.2 Å². The first-order chi connectivity index (χ1) is 11.9. The van der Waals surface area contributed by atoms with E-state index in [-0.39, 0.29) is 30.0 Å². The van der Waals surface area contributed by atoms with Gasteiger partial charge in [-0.1, -0.05) is 18.2 Å². The van der Waals surface area contributed by atoms with E-state index in [1.165, 1.54) is 6.26 Å². The van der Waals surface area contributed by atoms with Crippen LogP contribution in [-0.4, -0.2) is 11.5 Å². The number of nitrogens with one attached hydrogen (secondary N) is 1. The smallest absolute Gasteiger partial charge is 0.255 e. The molecule has 1 aliphatic heterocycles. The molecule has 0 aliphatic carbocycles. The lowest BCUT2D eigenvalue weighted by molar-refractivity contribution is 0.0620. The minimum Gasteiger partial charge on any atom is -0.487 e. The molecule has 1 atom stereocenters. The maximum Gasteiger partial charge on any atom is 0.255 e. The van der Waals surface area contributed by atoms with E-state index >= 15 is 0 Å². The lowest BCUT2D eigenvalue weighted by atomic mass is 9.89. The van der Waals surface area contributed by atoms with Gasteiger partial charge in [0.05, 0.1) is 11.6 Å². The zero-order chi connectivity index (χ0) is 17.6. The fourth-order valence-corrected chi connectivity index (χ4v) is 3.39. The molecule has 1 amide bonds. The first kappa shape index (κ1) is 18.1. The summed E-state index contributed by atoms with van der Waals surface area (Å²) in [4.78, 5) is 12.9. The van der Waals surface area contributed by atoms with Crippen molar-refractivity contribution in [1.29, 1.82) is 0 Å². The summed E-state index contributed by atoms with van der Waals surface area (Å²) in [6.45, 7) is 4.03. The topological polar surface area (TPSA) is 77.5 Å². The van der Waals surface area contributed by atoms with Gasteiger partial charge in [-0.15, -0.1) is 12.4 Å². The average molecular weight is 373 g/mol. The van der Waals surface area contributed by atoms with Gasteiger partial charge in [0.15, 0.2) is 0 Å². The van der Waals surface area contributed by atoms with Crippen molar-refractivity contribution in [1.82, 2.24) is 5.32 Å². The van der Waals surface area contributed by atoms with E-state index in [1.54, 1.807) is 0 Å². The van der Waals surface area contributed by atoms with Crippen molar-refractivity contribution in [3.05, 3.63) is 59.9 Å². The standard InChI is InChI=1S/C20H20N2O3.ClH/c1-20(2)10-16(14-9-12(21)7-8-18(14)25-20)22-19(23)15-11-24-17-6-4-3-5-13(15)17;/h3-9,11,16H,10,21H2,1-2H3,(H,22,23);1H. The number of carbonyl (C=O) groups excluding carboxylic acids is 1. The molecule has 26 heavy (non-hydrogen) atoms. The molecule has 1 unspecified atom stereocenters. The molecule has 2 heterocycles. The summed E-state index contributed by atoms with van der Waals surface area (Å²) in [6.07, 6.45) is 2.16. The number of para-hydroxylation sites is 1. The Morgan fingerprint density at radius 2 is 2.00 bits per heavy atom. The monoisotopic (exact) mass is 372 g/mol.